The summed E-state index contributed by atoms with van der Waals surface area (Å²) in [6, 6.07) is 0. The summed E-state index contributed by atoms with van der Waals surface area (Å²) in [5.74, 6) is 0.712. The fourth-order valence-corrected chi connectivity index (χ4v) is 2.78. The van der Waals surface area contributed by atoms with Crippen molar-refractivity contribution >= 4 is 11.3 Å². The number of aromatic nitrogens is 1. The van der Waals surface area contributed by atoms with Crippen molar-refractivity contribution in [1.82, 2.24) is 10.3 Å². The summed E-state index contributed by atoms with van der Waals surface area (Å²) in [7, 11) is 2.02. The molecule has 1 heterocycles. The SMILES string of the molecule is CCC(CNC)Cc1nc(C(C)(C)C)cs1. The molecule has 0 saturated carbocycles. The third-order valence-corrected chi connectivity index (χ3v) is 3.72. The quantitative estimate of drug-likeness (QED) is 0.854. The molecule has 0 aromatic carbocycles. The van der Waals surface area contributed by atoms with Gasteiger partial charge in [-0.25, -0.2) is 4.98 Å². The molecule has 0 fully saturated rings. The first-order valence-electron chi connectivity index (χ1n) is 6.06. The van der Waals surface area contributed by atoms with Gasteiger partial charge < -0.3 is 5.32 Å². The highest BCUT2D eigenvalue weighted by atomic mass is 32.1. The second-order valence-electron chi connectivity index (χ2n) is 5.41. The summed E-state index contributed by atoms with van der Waals surface area (Å²) in [5.41, 5.74) is 1.41. The van der Waals surface area contributed by atoms with E-state index in [1.165, 1.54) is 17.1 Å². The van der Waals surface area contributed by atoms with Gasteiger partial charge in [-0.3, -0.25) is 0 Å². The van der Waals surface area contributed by atoms with Gasteiger partial charge in [-0.2, -0.15) is 0 Å². The maximum atomic E-state index is 4.74. The van der Waals surface area contributed by atoms with Gasteiger partial charge in [-0.05, 0) is 19.5 Å². The van der Waals surface area contributed by atoms with E-state index in [2.05, 4.69) is 38.4 Å². The lowest BCUT2D eigenvalue weighted by Crippen LogP contribution is -2.20. The Balaban J connectivity index is 2.64. The molecule has 1 N–H and O–H groups in total. The molecular weight excluding hydrogens is 216 g/mol. The zero-order valence-corrected chi connectivity index (χ0v) is 11.9. The van der Waals surface area contributed by atoms with Crippen molar-refractivity contribution in [3.05, 3.63) is 16.1 Å². The van der Waals surface area contributed by atoms with Crippen LogP contribution in [0.3, 0.4) is 0 Å². The van der Waals surface area contributed by atoms with Gasteiger partial charge in [0.1, 0.15) is 0 Å². The Kier molecular flexibility index (Phi) is 4.93. The lowest BCUT2D eigenvalue weighted by Gasteiger charge is -2.15. The van der Waals surface area contributed by atoms with Crippen LogP contribution in [-0.2, 0) is 11.8 Å². The number of rotatable bonds is 5. The van der Waals surface area contributed by atoms with E-state index in [0.717, 1.165) is 13.0 Å². The average molecular weight is 240 g/mol. The Morgan fingerprint density at radius 3 is 2.56 bits per heavy atom. The standard InChI is InChI=1S/C13H24N2S/c1-6-10(8-14-5)7-12-15-11(9-16-12)13(2,3)4/h9-10,14H,6-8H2,1-5H3. The van der Waals surface area contributed by atoms with Crippen molar-refractivity contribution in [2.45, 2.75) is 46.0 Å². The summed E-state index contributed by atoms with van der Waals surface area (Å²) < 4.78 is 0. The van der Waals surface area contributed by atoms with Crippen molar-refractivity contribution in [3.8, 4) is 0 Å². The lowest BCUT2D eigenvalue weighted by atomic mass is 9.93. The number of hydrogen-bond acceptors (Lipinski definition) is 3. The van der Waals surface area contributed by atoms with Crippen LogP contribution in [0.15, 0.2) is 5.38 Å². The van der Waals surface area contributed by atoms with Crippen LogP contribution in [0.1, 0.15) is 44.8 Å². The topological polar surface area (TPSA) is 24.9 Å². The molecule has 1 aromatic heterocycles. The molecule has 1 aromatic rings. The largest absolute Gasteiger partial charge is 0.319 e. The smallest absolute Gasteiger partial charge is 0.0931 e. The van der Waals surface area contributed by atoms with Gasteiger partial charge in [0, 0.05) is 17.2 Å². The van der Waals surface area contributed by atoms with Crippen LogP contribution in [0.5, 0.6) is 0 Å². The highest BCUT2D eigenvalue weighted by molar-refractivity contribution is 7.09. The van der Waals surface area contributed by atoms with E-state index in [9.17, 15) is 0 Å². The van der Waals surface area contributed by atoms with Gasteiger partial charge in [-0.15, -0.1) is 11.3 Å². The second-order valence-corrected chi connectivity index (χ2v) is 6.36. The summed E-state index contributed by atoms with van der Waals surface area (Å²) in [6.07, 6.45) is 2.32. The molecule has 0 aliphatic rings. The highest BCUT2D eigenvalue weighted by Crippen LogP contribution is 2.25. The molecule has 1 unspecified atom stereocenters. The molecule has 0 bridgehead atoms. The Bertz CT molecular complexity index is 312. The number of nitrogens with zero attached hydrogens (tertiary/aromatic N) is 1. The summed E-state index contributed by atoms with van der Waals surface area (Å²) >= 11 is 1.81. The minimum absolute atomic E-state index is 0.180. The van der Waals surface area contributed by atoms with E-state index >= 15 is 0 Å². The van der Waals surface area contributed by atoms with Crippen molar-refractivity contribution in [2.24, 2.45) is 5.92 Å². The summed E-state index contributed by atoms with van der Waals surface area (Å²) in [6.45, 7) is 9.99. The molecule has 0 spiro atoms. The van der Waals surface area contributed by atoms with Crippen molar-refractivity contribution in [1.29, 1.82) is 0 Å². The second kappa shape index (κ2) is 5.78. The molecule has 0 aliphatic carbocycles. The number of thiazole rings is 1. The maximum Gasteiger partial charge on any atom is 0.0931 e. The van der Waals surface area contributed by atoms with Crippen molar-refractivity contribution in [2.75, 3.05) is 13.6 Å². The summed E-state index contributed by atoms with van der Waals surface area (Å²) in [5, 5.41) is 6.75. The van der Waals surface area contributed by atoms with Crippen molar-refractivity contribution in [3.63, 3.8) is 0 Å². The maximum absolute atomic E-state index is 4.74. The van der Waals surface area contributed by atoms with E-state index < -0.39 is 0 Å². The average Bonchev–Trinajstić information content (AvgIpc) is 2.65. The number of nitrogens with one attached hydrogen (secondary N) is 1. The monoisotopic (exact) mass is 240 g/mol. The van der Waals surface area contributed by atoms with Gasteiger partial charge in [0.25, 0.3) is 0 Å². The Morgan fingerprint density at radius 2 is 2.12 bits per heavy atom. The third kappa shape index (κ3) is 3.87. The number of hydrogen-bond donors (Lipinski definition) is 1. The molecule has 0 radical (unpaired) electrons. The first kappa shape index (κ1) is 13.7. The van der Waals surface area contributed by atoms with E-state index in [0.29, 0.717) is 5.92 Å². The van der Waals surface area contributed by atoms with Gasteiger partial charge in [0.05, 0.1) is 10.7 Å². The molecule has 16 heavy (non-hydrogen) atoms. The Labute approximate surface area is 103 Å². The highest BCUT2D eigenvalue weighted by Gasteiger charge is 2.18. The van der Waals surface area contributed by atoms with Gasteiger partial charge >= 0.3 is 0 Å². The molecular formula is C13H24N2S. The van der Waals surface area contributed by atoms with E-state index in [1.807, 2.05) is 18.4 Å². The fourth-order valence-electron chi connectivity index (χ4n) is 1.65. The van der Waals surface area contributed by atoms with Gasteiger partial charge in [0.2, 0.25) is 0 Å². The lowest BCUT2D eigenvalue weighted by molar-refractivity contribution is 0.478. The minimum Gasteiger partial charge on any atom is -0.319 e. The van der Waals surface area contributed by atoms with Crippen LogP contribution in [0.4, 0.5) is 0 Å². The Morgan fingerprint density at radius 1 is 1.44 bits per heavy atom. The Hall–Kier alpha value is -0.410. The fraction of sp³-hybridized carbons (Fsp3) is 0.769. The minimum atomic E-state index is 0.180. The molecule has 0 saturated heterocycles. The van der Waals surface area contributed by atoms with E-state index in [4.69, 9.17) is 4.98 Å². The molecule has 3 heteroatoms. The molecule has 1 atom stereocenters. The van der Waals surface area contributed by atoms with E-state index in [1.54, 1.807) is 0 Å². The van der Waals surface area contributed by atoms with Crippen LogP contribution >= 0.6 is 11.3 Å². The summed E-state index contributed by atoms with van der Waals surface area (Å²) in [4.78, 5) is 4.74. The predicted octanol–water partition coefficient (Wildman–Crippen LogP) is 3.23. The molecule has 92 valence electrons. The molecule has 0 amide bonds. The molecule has 0 aliphatic heterocycles. The van der Waals surface area contributed by atoms with Gasteiger partial charge in [0.15, 0.2) is 0 Å². The van der Waals surface area contributed by atoms with Crippen LogP contribution in [0.2, 0.25) is 0 Å². The van der Waals surface area contributed by atoms with Gasteiger partial charge in [-0.1, -0.05) is 34.1 Å². The third-order valence-electron chi connectivity index (χ3n) is 2.85. The van der Waals surface area contributed by atoms with Crippen molar-refractivity contribution < 1.29 is 0 Å². The van der Waals surface area contributed by atoms with Crippen LogP contribution in [0.25, 0.3) is 0 Å². The predicted molar refractivity (Wildman–Crippen MR) is 72.2 cm³/mol. The van der Waals surface area contributed by atoms with Crippen LogP contribution in [0, 0.1) is 5.92 Å². The van der Waals surface area contributed by atoms with Crippen LogP contribution in [-0.4, -0.2) is 18.6 Å². The molecule has 1 rings (SSSR count). The van der Waals surface area contributed by atoms with E-state index in [-0.39, 0.29) is 5.41 Å². The zero-order chi connectivity index (χ0) is 12.2. The first-order chi connectivity index (χ1) is 7.47. The first-order valence-corrected chi connectivity index (χ1v) is 6.94. The normalized spacial score (nSPS) is 14.1. The van der Waals surface area contributed by atoms with Crippen LogP contribution < -0.4 is 5.32 Å². The molecule has 2 nitrogen and oxygen atoms in total. The zero-order valence-electron chi connectivity index (χ0n) is 11.1.